The van der Waals surface area contributed by atoms with Gasteiger partial charge >= 0.3 is 5.97 Å². The van der Waals surface area contributed by atoms with E-state index in [4.69, 9.17) is 4.74 Å². The molecule has 2 aliphatic rings. The Morgan fingerprint density at radius 3 is 2.66 bits per heavy atom. The summed E-state index contributed by atoms with van der Waals surface area (Å²) in [7, 11) is 0. The minimum Gasteiger partial charge on any atom is -0.465 e. The number of aryl methyl sites for hydroxylation is 2. The smallest absolute Gasteiger partial charge is 0.320 e. The number of ether oxygens (including phenoxy) is 1. The Hall–Kier alpha value is -2.85. The predicted octanol–water partition coefficient (Wildman–Crippen LogP) is 4.26. The maximum atomic E-state index is 13.8. The molecule has 35 heavy (non-hydrogen) atoms. The molecule has 2 aliphatic heterocycles. The number of fused-ring (bicyclic) bond motifs is 1. The van der Waals surface area contributed by atoms with Gasteiger partial charge in [0.1, 0.15) is 0 Å². The highest BCUT2D eigenvalue weighted by Gasteiger charge is 2.36. The second-order valence-corrected chi connectivity index (χ2v) is 9.77. The van der Waals surface area contributed by atoms with Crippen LogP contribution >= 0.6 is 0 Å². The van der Waals surface area contributed by atoms with Crippen LogP contribution < -0.4 is 0 Å². The second-order valence-electron chi connectivity index (χ2n) is 9.77. The van der Waals surface area contributed by atoms with Crippen molar-refractivity contribution in [1.82, 2.24) is 14.4 Å². The average Bonchev–Trinajstić information content (AvgIpc) is 3.24. The van der Waals surface area contributed by atoms with Crippen LogP contribution in [0.5, 0.6) is 0 Å². The highest BCUT2D eigenvalue weighted by atomic mass is 16.5. The number of amides is 1. The predicted molar refractivity (Wildman–Crippen MR) is 136 cm³/mol. The Bertz CT molecular complexity index is 1090. The Balaban J connectivity index is 1.47. The van der Waals surface area contributed by atoms with E-state index >= 15 is 0 Å². The summed E-state index contributed by atoms with van der Waals surface area (Å²) in [5, 5.41) is 10.5. The fraction of sp³-hybridized carbons (Fsp3) is 0.607. The van der Waals surface area contributed by atoms with Gasteiger partial charge in [0.2, 0.25) is 5.91 Å². The lowest BCUT2D eigenvalue weighted by Crippen LogP contribution is -2.55. The van der Waals surface area contributed by atoms with Crippen molar-refractivity contribution < 1.29 is 14.3 Å². The summed E-state index contributed by atoms with van der Waals surface area (Å²) in [6, 6.07) is 10.4. The van der Waals surface area contributed by atoms with E-state index in [9.17, 15) is 14.9 Å². The SMILES string of the molecule is CCOC(=O)CN1CCCCC1C(=O)N1CCCCC1CCc1cc2ccc(C#N)cc2n1CC. The first-order valence-electron chi connectivity index (χ1n) is 13.3. The quantitative estimate of drug-likeness (QED) is 0.530. The lowest BCUT2D eigenvalue weighted by Gasteiger charge is -2.42. The first-order chi connectivity index (χ1) is 17.0. The molecule has 2 atom stereocenters. The molecular weight excluding hydrogens is 440 g/mol. The Morgan fingerprint density at radius 2 is 1.89 bits per heavy atom. The molecule has 3 heterocycles. The van der Waals surface area contributed by atoms with Crippen molar-refractivity contribution >= 4 is 22.8 Å². The number of rotatable bonds is 8. The van der Waals surface area contributed by atoms with Gasteiger partial charge in [-0.05, 0) is 88.9 Å². The minimum absolute atomic E-state index is 0.188. The molecule has 0 spiro atoms. The van der Waals surface area contributed by atoms with Crippen LogP contribution in [0.4, 0.5) is 0 Å². The molecule has 0 bridgehead atoms. The molecule has 0 aliphatic carbocycles. The number of carbonyl (C=O) groups excluding carboxylic acids is 2. The summed E-state index contributed by atoms with van der Waals surface area (Å²) in [5.41, 5.74) is 3.05. The number of hydrogen-bond donors (Lipinski definition) is 0. The van der Waals surface area contributed by atoms with Crippen LogP contribution in [0.15, 0.2) is 24.3 Å². The molecule has 2 saturated heterocycles. The van der Waals surface area contributed by atoms with Crippen molar-refractivity contribution in [3.8, 4) is 6.07 Å². The lowest BCUT2D eigenvalue weighted by molar-refractivity contribution is -0.149. The van der Waals surface area contributed by atoms with Gasteiger partial charge in [-0.15, -0.1) is 0 Å². The first-order valence-corrected chi connectivity index (χ1v) is 13.3. The number of nitriles is 1. The second kappa shape index (κ2) is 11.7. The van der Waals surface area contributed by atoms with Crippen LogP contribution in [0.2, 0.25) is 0 Å². The molecule has 1 aromatic heterocycles. The van der Waals surface area contributed by atoms with Crippen LogP contribution in [0.25, 0.3) is 10.9 Å². The summed E-state index contributed by atoms with van der Waals surface area (Å²) in [4.78, 5) is 30.1. The third kappa shape index (κ3) is 5.70. The van der Waals surface area contributed by atoms with E-state index in [1.54, 1.807) is 0 Å². The summed E-state index contributed by atoms with van der Waals surface area (Å²) in [5.74, 6) is -0.0530. The maximum Gasteiger partial charge on any atom is 0.320 e. The minimum atomic E-state index is -0.241. The van der Waals surface area contributed by atoms with E-state index in [1.807, 2.05) is 30.0 Å². The van der Waals surface area contributed by atoms with Gasteiger partial charge in [0.15, 0.2) is 0 Å². The van der Waals surface area contributed by atoms with E-state index in [0.29, 0.717) is 12.2 Å². The van der Waals surface area contributed by atoms with Crippen molar-refractivity contribution in [2.24, 2.45) is 0 Å². The van der Waals surface area contributed by atoms with Crippen LogP contribution in [-0.4, -0.2) is 64.6 Å². The zero-order chi connectivity index (χ0) is 24.8. The van der Waals surface area contributed by atoms with Crippen molar-refractivity contribution in [3.63, 3.8) is 0 Å². The van der Waals surface area contributed by atoms with E-state index in [1.165, 1.54) is 5.69 Å². The van der Waals surface area contributed by atoms with E-state index in [2.05, 4.69) is 28.5 Å². The van der Waals surface area contributed by atoms with Gasteiger partial charge in [-0.25, -0.2) is 0 Å². The molecule has 0 saturated carbocycles. The molecule has 7 heteroatoms. The van der Waals surface area contributed by atoms with E-state index in [0.717, 1.165) is 81.9 Å². The zero-order valence-electron chi connectivity index (χ0n) is 21.2. The number of likely N-dealkylation sites (tertiary alicyclic amines) is 2. The molecule has 7 nitrogen and oxygen atoms in total. The fourth-order valence-electron chi connectivity index (χ4n) is 5.89. The monoisotopic (exact) mass is 478 g/mol. The molecule has 2 unspecified atom stereocenters. The van der Waals surface area contributed by atoms with Gasteiger partial charge in [0.05, 0.1) is 30.8 Å². The Morgan fingerprint density at radius 1 is 1.09 bits per heavy atom. The van der Waals surface area contributed by atoms with Gasteiger partial charge in [0, 0.05) is 30.3 Å². The molecule has 1 amide bonds. The van der Waals surface area contributed by atoms with Crippen LogP contribution in [0.3, 0.4) is 0 Å². The molecule has 2 fully saturated rings. The number of carbonyl (C=O) groups is 2. The van der Waals surface area contributed by atoms with Crippen molar-refractivity contribution in [2.75, 3.05) is 26.2 Å². The topological polar surface area (TPSA) is 78.6 Å². The largest absolute Gasteiger partial charge is 0.465 e. The molecule has 1 aromatic carbocycles. The first kappa shape index (κ1) is 25.2. The number of benzene rings is 1. The van der Waals surface area contributed by atoms with Crippen molar-refractivity contribution in [1.29, 1.82) is 5.26 Å². The Kier molecular flexibility index (Phi) is 8.46. The third-order valence-electron chi connectivity index (χ3n) is 7.62. The van der Waals surface area contributed by atoms with E-state index in [-0.39, 0.29) is 30.5 Å². The summed E-state index contributed by atoms with van der Waals surface area (Å²) in [6.45, 7) is 6.95. The summed E-state index contributed by atoms with van der Waals surface area (Å²) in [6.07, 6.45) is 7.89. The van der Waals surface area contributed by atoms with Crippen molar-refractivity contribution in [3.05, 3.63) is 35.5 Å². The zero-order valence-corrected chi connectivity index (χ0v) is 21.2. The van der Waals surface area contributed by atoms with Gasteiger partial charge in [-0.1, -0.05) is 12.5 Å². The van der Waals surface area contributed by atoms with Crippen LogP contribution in [0.1, 0.15) is 70.1 Å². The van der Waals surface area contributed by atoms with Gasteiger partial charge in [-0.3, -0.25) is 14.5 Å². The molecule has 0 radical (unpaired) electrons. The number of piperidine rings is 2. The molecule has 0 N–H and O–H groups in total. The lowest BCUT2D eigenvalue weighted by atomic mass is 9.94. The fourth-order valence-corrected chi connectivity index (χ4v) is 5.89. The van der Waals surface area contributed by atoms with Gasteiger partial charge in [-0.2, -0.15) is 5.26 Å². The van der Waals surface area contributed by atoms with Crippen LogP contribution in [0, 0.1) is 11.3 Å². The number of nitrogens with zero attached hydrogens (tertiary/aromatic N) is 4. The molecule has 188 valence electrons. The average molecular weight is 479 g/mol. The number of hydrogen-bond acceptors (Lipinski definition) is 5. The molecular formula is C28H38N4O3. The molecule has 4 rings (SSSR count). The van der Waals surface area contributed by atoms with Crippen LogP contribution in [-0.2, 0) is 27.3 Å². The normalized spacial score (nSPS) is 21.1. The molecule has 2 aromatic rings. The van der Waals surface area contributed by atoms with Gasteiger partial charge < -0.3 is 14.2 Å². The van der Waals surface area contributed by atoms with Gasteiger partial charge in [0.25, 0.3) is 0 Å². The highest BCUT2D eigenvalue weighted by molar-refractivity contribution is 5.84. The maximum absolute atomic E-state index is 13.8. The standard InChI is InChI=1S/C28H38N4O3/c1-3-31-24(18-22-12-11-21(19-29)17-26(22)31)14-13-23-9-5-8-16-32(23)28(34)25-10-6-7-15-30(25)20-27(33)35-4-2/h11-12,17-18,23,25H,3-10,13-16,20H2,1-2H3. The third-order valence-corrected chi connectivity index (χ3v) is 7.62. The van der Waals surface area contributed by atoms with E-state index < -0.39 is 0 Å². The Labute approximate surface area is 208 Å². The highest BCUT2D eigenvalue weighted by Crippen LogP contribution is 2.28. The summed E-state index contributed by atoms with van der Waals surface area (Å²) < 4.78 is 7.46. The van der Waals surface area contributed by atoms with Crippen molar-refractivity contribution in [2.45, 2.75) is 83.8 Å². The number of aromatic nitrogens is 1. The number of esters is 1. The summed E-state index contributed by atoms with van der Waals surface area (Å²) >= 11 is 0.